The molecular weight excluding hydrogens is 689 g/mol. The van der Waals surface area contributed by atoms with Gasteiger partial charge in [-0.3, -0.25) is 18.6 Å². The summed E-state index contributed by atoms with van der Waals surface area (Å²) in [5.74, 6) is -0.947. The standard InChI is InChI=1S/C43H72NO8P/c1-3-5-7-9-11-13-15-17-18-19-20-21-22-24-25-27-29-31-33-35-42(45)49-39-41(40-51-53(47,48)50-38-37-44)52-43(46)36-34-32-30-28-26-23-16-14-12-10-8-6-4-2/h5,7,11,13-14,16-18,20-21,24-25,29,31,41H,3-4,6,8-10,12,15,19,22-23,26-28,30,32-40,44H2,1-2H3,(H,47,48). The molecule has 0 fully saturated rings. The normalized spacial score (nSPS) is 14.3. The average Bonchev–Trinajstić information content (AvgIpc) is 3.14. The van der Waals surface area contributed by atoms with Crippen molar-refractivity contribution in [3.63, 3.8) is 0 Å². The number of nitrogens with two attached hydrogens (primary N) is 1. The monoisotopic (exact) mass is 761 g/mol. The molecule has 0 saturated heterocycles. The van der Waals surface area contributed by atoms with Gasteiger partial charge in [0.2, 0.25) is 0 Å². The van der Waals surface area contributed by atoms with Gasteiger partial charge in [-0.25, -0.2) is 4.57 Å². The first-order valence-electron chi connectivity index (χ1n) is 20.1. The molecule has 3 N–H and O–H groups in total. The molecule has 2 atom stereocenters. The maximum absolute atomic E-state index is 12.5. The number of esters is 2. The summed E-state index contributed by atoms with van der Waals surface area (Å²) < 4.78 is 32.6. The van der Waals surface area contributed by atoms with Crippen LogP contribution in [0.25, 0.3) is 0 Å². The Labute approximate surface area is 322 Å². The number of hydrogen-bond donors (Lipinski definition) is 2. The Kier molecular flexibility index (Phi) is 36.8. The van der Waals surface area contributed by atoms with Crippen LogP contribution in [0.2, 0.25) is 0 Å². The molecule has 0 heterocycles. The van der Waals surface area contributed by atoms with Gasteiger partial charge in [-0.2, -0.15) is 0 Å². The third kappa shape index (κ3) is 38.7. The minimum atomic E-state index is -4.40. The lowest BCUT2D eigenvalue weighted by molar-refractivity contribution is -0.161. The lowest BCUT2D eigenvalue weighted by Crippen LogP contribution is -2.29. The first-order chi connectivity index (χ1) is 25.8. The van der Waals surface area contributed by atoms with E-state index in [1.54, 1.807) is 0 Å². The van der Waals surface area contributed by atoms with Crippen molar-refractivity contribution >= 4 is 19.8 Å². The summed E-state index contributed by atoms with van der Waals surface area (Å²) in [5, 5.41) is 0. The fraction of sp³-hybridized carbons (Fsp3) is 0.628. The molecule has 53 heavy (non-hydrogen) atoms. The topological polar surface area (TPSA) is 134 Å². The van der Waals surface area contributed by atoms with E-state index in [1.165, 1.54) is 25.7 Å². The quantitative estimate of drug-likeness (QED) is 0.0277. The molecule has 9 nitrogen and oxygen atoms in total. The molecule has 0 amide bonds. The molecule has 302 valence electrons. The van der Waals surface area contributed by atoms with Crippen LogP contribution >= 0.6 is 7.82 Å². The van der Waals surface area contributed by atoms with Gasteiger partial charge in [-0.05, 0) is 77.0 Å². The molecule has 0 rings (SSSR count). The molecule has 2 unspecified atom stereocenters. The highest BCUT2D eigenvalue weighted by Gasteiger charge is 2.25. The highest BCUT2D eigenvalue weighted by atomic mass is 31.2. The number of phosphoric ester groups is 1. The van der Waals surface area contributed by atoms with E-state index in [9.17, 15) is 19.0 Å². The highest BCUT2D eigenvalue weighted by Crippen LogP contribution is 2.43. The molecule has 0 aromatic carbocycles. The molecule has 0 bridgehead atoms. The molecule has 0 aromatic heterocycles. The van der Waals surface area contributed by atoms with Crippen LogP contribution in [0.5, 0.6) is 0 Å². The van der Waals surface area contributed by atoms with E-state index in [0.717, 1.165) is 77.0 Å². The Morgan fingerprint density at radius 3 is 1.62 bits per heavy atom. The molecule has 0 radical (unpaired) electrons. The van der Waals surface area contributed by atoms with Crippen LogP contribution in [0.4, 0.5) is 0 Å². The van der Waals surface area contributed by atoms with Crippen LogP contribution in [0.15, 0.2) is 85.1 Å². The smallest absolute Gasteiger partial charge is 0.462 e. The Morgan fingerprint density at radius 1 is 0.585 bits per heavy atom. The number of allylic oxidation sites excluding steroid dienone is 14. The van der Waals surface area contributed by atoms with Crippen molar-refractivity contribution in [2.24, 2.45) is 5.73 Å². The van der Waals surface area contributed by atoms with Gasteiger partial charge in [-0.15, -0.1) is 0 Å². The summed E-state index contributed by atoms with van der Waals surface area (Å²) in [6.45, 7) is 3.47. The lowest BCUT2D eigenvalue weighted by Gasteiger charge is -2.19. The third-order valence-corrected chi connectivity index (χ3v) is 8.76. The molecular formula is C43H72NO8P. The molecule has 10 heteroatoms. The minimum Gasteiger partial charge on any atom is -0.462 e. The molecule has 0 aliphatic rings. The lowest BCUT2D eigenvalue weighted by atomic mass is 10.1. The van der Waals surface area contributed by atoms with Crippen LogP contribution < -0.4 is 5.73 Å². The van der Waals surface area contributed by atoms with E-state index in [0.29, 0.717) is 12.8 Å². The second-order valence-corrected chi connectivity index (χ2v) is 14.2. The van der Waals surface area contributed by atoms with Crippen molar-refractivity contribution in [1.82, 2.24) is 0 Å². The Bertz CT molecular complexity index is 1140. The average molecular weight is 762 g/mol. The first-order valence-corrected chi connectivity index (χ1v) is 21.6. The van der Waals surface area contributed by atoms with Crippen molar-refractivity contribution in [3.8, 4) is 0 Å². The molecule has 0 aliphatic heterocycles. The SMILES string of the molecule is CCC=CCC=CCC=CCC=CCC=CCC=CCCC(=O)OCC(COP(=O)(O)OCCN)OC(=O)CCCCCCCC=CCCCCCC. The predicted octanol–water partition coefficient (Wildman–Crippen LogP) is 11.3. The zero-order chi connectivity index (χ0) is 38.9. The number of ether oxygens (including phenoxy) is 2. The van der Waals surface area contributed by atoms with Crippen LogP contribution in [0.1, 0.15) is 142 Å². The van der Waals surface area contributed by atoms with Gasteiger partial charge in [0, 0.05) is 19.4 Å². The largest absolute Gasteiger partial charge is 0.472 e. The van der Waals surface area contributed by atoms with E-state index < -0.39 is 32.5 Å². The fourth-order valence-electron chi connectivity index (χ4n) is 4.83. The predicted molar refractivity (Wildman–Crippen MR) is 219 cm³/mol. The second kappa shape index (κ2) is 38.9. The van der Waals surface area contributed by atoms with E-state index in [4.69, 9.17) is 24.3 Å². The van der Waals surface area contributed by atoms with Gasteiger partial charge >= 0.3 is 19.8 Å². The van der Waals surface area contributed by atoms with Crippen molar-refractivity contribution in [2.75, 3.05) is 26.4 Å². The maximum atomic E-state index is 12.5. The summed E-state index contributed by atoms with van der Waals surface area (Å²) in [6.07, 6.45) is 47.7. The minimum absolute atomic E-state index is 0.0382. The molecule has 0 aromatic rings. The summed E-state index contributed by atoms with van der Waals surface area (Å²) in [7, 11) is -4.40. The van der Waals surface area contributed by atoms with Crippen molar-refractivity contribution in [1.29, 1.82) is 0 Å². The van der Waals surface area contributed by atoms with Gasteiger partial charge in [0.1, 0.15) is 6.61 Å². The van der Waals surface area contributed by atoms with E-state index in [1.807, 2.05) is 12.2 Å². The number of unbranched alkanes of at least 4 members (excludes halogenated alkanes) is 9. The molecule has 0 saturated carbocycles. The summed E-state index contributed by atoms with van der Waals surface area (Å²) in [4.78, 5) is 34.7. The van der Waals surface area contributed by atoms with Crippen LogP contribution in [-0.2, 0) is 32.7 Å². The van der Waals surface area contributed by atoms with E-state index in [-0.39, 0.29) is 32.6 Å². The van der Waals surface area contributed by atoms with Crippen LogP contribution in [0.3, 0.4) is 0 Å². The fourth-order valence-corrected chi connectivity index (χ4v) is 5.59. The number of phosphoric acid groups is 1. The summed E-state index contributed by atoms with van der Waals surface area (Å²) in [6, 6.07) is 0. The Hall–Kier alpha value is -2.81. The number of rotatable bonds is 36. The number of hydrogen-bond acceptors (Lipinski definition) is 8. The van der Waals surface area contributed by atoms with Gasteiger partial charge in [0.15, 0.2) is 6.10 Å². The Balaban J connectivity index is 4.35. The third-order valence-electron chi connectivity index (χ3n) is 7.78. The van der Waals surface area contributed by atoms with Crippen molar-refractivity contribution < 1.29 is 37.6 Å². The first kappa shape index (κ1) is 50.2. The highest BCUT2D eigenvalue weighted by molar-refractivity contribution is 7.47. The molecule has 0 spiro atoms. The second-order valence-electron chi connectivity index (χ2n) is 12.8. The maximum Gasteiger partial charge on any atom is 0.472 e. The van der Waals surface area contributed by atoms with E-state index >= 15 is 0 Å². The van der Waals surface area contributed by atoms with Crippen molar-refractivity contribution in [2.45, 2.75) is 148 Å². The van der Waals surface area contributed by atoms with E-state index in [2.05, 4.69) is 86.8 Å². The Morgan fingerprint density at radius 2 is 1.08 bits per heavy atom. The van der Waals surface area contributed by atoms with Crippen molar-refractivity contribution in [3.05, 3.63) is 85.1 Å². The summed E-state index contributed by atoms with van der Waals surface area (Å²) in [5.41, 5.74) is 5.33. The van der Waals surface area contributed by atoms with Gasteiger partial charge < -0.3 is 20.1 Å². The van der Waals surface area contributed by atoms with Gasteiger partial charge in [0.25, 0.3) is 0 Å². The van der Waals surface area contributed by atoms with Crippen LogP contribution in [-0.4, -0.2) is 49.3 Å². The van der Waals surface area contributed by atoms with Gasteiger partial charge in [0.05, 0.1) is 13.2 Å². The zero-order valence-corrected chi connectivity index (χ0v) is 33.9. The molecule has 0 aliphatic carbocycles. The zero-order valence-electron chi connectivity index (χ0n) is 33.0. The van der Waals surface area contributed by atoms with Gasteiger partial charge in [-0.1, -0.05) is 137 Å². The number of carbonyl (C=O) groups excluding carboxylic acids is 2. The van der Waals surface area contributed by atoms with Crippen LogP contribution in [0, 0.1) is 0 Å². The number of carbonyl (C=O) groups is 2. The summed E-state index contributed by atoms with van der Waals surface area (Å²) >= 11 is 0.